The molecule has 0 unspecified atom stereocenters. The van der Waals surface area contributed by atoms with Crippen molar-refractivity contribution >= 4 is 43.1 Å². The second-order valence-corrected chi connectivity index (χ2v) is 9.43. The van der Waals surface area contributed by atoms with Crippen molar-refractivity contribution in [3.05, 3.63) is 84.4 Å². The molecule has 32 heavy (non-hydrogen) atoms. The van der Waals surface area contributed by atoms with Crippen molar-refractivity contribution in [2.45, 2.75) is 64.7 Å². The van der Waals surface area contributed by atoms with Crippen LogP contribution in [0, 0.1) is 0 Å². The van der Waals surface area contributed by atoms with Gasteiger partial charge in [-0.15, -0.1) is 0 Å². The van der Waals surface area contributed by atoms with E-state index in [1.54, 1.807) is 0 Å². The number of unbranched alkanes of at least 4 members (excludes halogenated alkanes) is 7. The Kier molecular flexibility index (Phi) is 6.39. The van der Waals surface area contributed by atoms with E-state index in [1.165, 1.54) is 106 Å². The number of hydrogen-bond donors (Lipinski definition) is 0. The fourth-order valence-corrected chi connectivity index (χ4v) is 5.24. The van der Waals surface area contributed by atoms with Crippen molar-refractivity contribution in [1.82, 2.24) is 0 Å². The molecule has 0 radical (unpaired) electrons. The van der Waals surface area contributed by atoms with Crippen molar-refractivity contribution in [3.8, 4) is 0 Å². The molecule has 0 aliphatic rings. The van der Waals surface area contributed by atoms with Crippen LogP contribution in [0.1, 0.15) is 63.9 Å². The van der Waals surface area contributed by atoms with E-state index >= 15 is 0 Å². The molecule has 5 rings (SSSR count). The van der Waals surface area contributed by atoms with E-state index in [9.17, 15) is 0 Å². The predicted octanol–water partition coefficient (Wildman–Crippen LogP) is 9.98. The van der Waals surface area contributed by atoms with Crippen LogP contribution in [0.2, 0.25) is 0 Å². The third-order valence-electron chi connectivity index (χ3n) is 7.08. The maximum atomic E-state index is 2.42. The first-order valence-electron chi connectivity index (χ1n) is 12.6. The standard InChI is InChI=1S/C32H34/c1-2-3-4-5-6-7-8-9-12-24-15-18-29-27(21-24)16-20-31-30(29)19-17-28-22-25-13-10-11-14-26(25)23-32(28)31/h10-11,13-23H,2-9,12H2,1H3. The van der Waals surface area contributed by atoms with Crippen molar-refractivity contribution in [2.24, 2.45) is 0 Å². The van der Waals surface area contributed by atoms with Gasteiger partial charge in [0.2, 0.25) is 0 Å². The molecule has 0 spiro atoms. The van der Waals surface area contributed by atoms with Gasteiger partial charge in [-0.1, -0.05) is 119 Å². The SMILES string of the molecule is CCCCCCCCCCc1ccc2c(ccc3c4cc5ccccc5cc4ccc23)c1. The molecule has 0 bridgehead atoms. The second kappa shape index (κ2) is 9.74. The Bertz CT molecular complexity index is 1360. The predicted molar refractivity (Wildman–Crippen MR) is 143 cm³/mol. The fraction of sp³-hybridized carbons (Fsp3) is 0.312. The molecule has 0 heteroatoms. The summed E-state index contributed by atoms with van der Waals surface area (Å²) in [6, 6.07) is 29.7. The van der Waals surface area contributed by atoms with Gasteiger partial charge < -0.3 is 0 Å². The van der Waals surface area contributed by atoms with Crippen LogP contribution in [0.4, 0.5) is 0 Å². The number of aryl methyl sites for hydroxylation is 1. The molecule has 0 aromatic heterocycles. The van der Waals surface area contributed by atoms with Gasteiger partial charge in [-0.3, -0.25) is 0 Å². The number of hydrogen-bond acceptors (Lipinski definition) is 0. The molecule has 0 N–H and O–H groups in total. The molecule has 0 aliphatic carbocycles. The van der Waals surface area contributed by atoms with Crippen LogP contribution in [0.15, 0.2) is 78.9 Å². The van der Waals surface area contributed by atoms with Crippen molar-refractivity contribution < 1.29 is 0 Å². The van der Waals surface area contributed by atoms with Crippen LogP contribution in [-0.4, -0.2) is 0 Å². The summed E-state index contributed by atoms with van der Waals surface area (Å²) < 4.78 is 0. The zero-order valence-electron chi connectivity index (χ0n) is 19.4. The molecule has 0 aliphatic heterocycles. The fourth-order valence-electron chi connectivity index (χ4n) is 5.24. The lowest BCUT2D eigenvalue weighted by molar-refractivity contribution is 0.575. The summed E-state index contributed by atoms with van der Waals surface area (Å²) in [5.41, 5.74) is 1.48. The smallest absolute Gasteiger partial charge is 0.00987 e. The van der Waals surface area contributed by atoms with E-state index in [2.05, 4.69) is 85.8 Å². The molecule has 0 atom stereocenters. The molecule has 162 valence electrons. The first kappa shape index (κ1) is 21.0. The van der Waals surface area contributed by atoms with E-state index in [0.717, 1.165) is 0 Å². The lowest BCUT2D eigenvalue weighted by atomic mass is 9.94. The van der Waals surface area contributed by atoms with Crippen molar-refractivity contribution in [3.63, 3.8) is 0 Å². The van der Waals surface area contributed by atoms with Gasteiger partial charge in [0, 0.05) is 0 Å². The average Bonchev–Trinajstić information content (AvgIpc) is 2.84. The van der Waals surface area contributed by atoms with Gasteiger partial charge in [0.1, 0.15) is 0 Å². The van der Waals surface area contributed by atoms with Gasteiger partial charge >= 0.3 is 0 Å². The van der Waals surface area contributed by atoms with E-state index in [4.69, 9.17) is 0 Å². The summed E-state index contributed by atoms with van der Waals surface area (Å²) in [4.78, 5) is 0. The number of benzene rings is 5. The van der Waals surface area contributed by atoms with E-state index in [1.807, 2.05) is 0 Å². The van der Waals surface area contributed by atoms with Gasteiger partial charge in [0.15, 0.2) is 0 Å². The Morgan fingerprint density at radius 1 is 0.438 bits per heavy atom. The summed E-state index contributed by atoms with van der Waals surface area (Å²) in [7, 11) is 0. The average molecular weight is 419 g/mol. The minimum atomic E-state index is 1.20. The van der Waals surface area contributed by atoms with Crippen LogP contribution >= 0.6 is 0 Å². The zero-order valence-corrected chi connectivity index (χ0v) is 19.4. The minimum Gasteiger partial charge on any atom is -0.0654 e. The number of rotatable bonds is 9. The topological polar surface area (TPSA) is 0 Å². The first-order valence-corrected chi connectivity index (χ1v) is 12.6. The van der Waals surface area contributed by atoms with Crippen LogP contribution < -0.4 is 0 Å². The number of fused-ring (bicyclic) bond motifs is 6. The quantitative estimate of drug-likeness (QED) is 0.127. The Balaban J connectivity index is 1.36. The Morgan fingerprint density at radius 2 is 1.03 bits per heavy atom. The molecule has 0 nitrogen and oxygen atoms in total. The van der Waals surface area contributed by atoms with Gasteiger partial charge in [-0.05, 0) is 73.6 Å². The van der Waals surface area contributed by atoms with Crippen molar-refractivity contribution in [2.75, 3.05) is 0 Å². The highest BCUT2D eigenvalue weighted by Gasteiger charge is 2.07. The van der Waals surface area contributed by atoms with Gasteiger partial charge in [-0.2, -0.15) is 0 Å². The van der Waals surface area contributed by atoms with Crippen LogP contribution in [0.25, 0.3) is 43.1 Å². The maximum Gasteiger partial charge on any atom is -0.00987 e. The van der Waals surface area contributed by atoms with E-state index < -0.39 is 0 Å². The first-order chi connectivity index (χ1) is 15.8. The second-order valence-electron chi connectivity index (χ2n) is 9.43. The molecule has 5 aromatic rings. The van der Waals surface area contributed by atoms with E-state index in [-0.39, 0.29) is 0 Å². The lowest BCUT2D eigenvalue weighted by Gasteiger charge is -2.10. The molecule has 5 aromatic carbocycles. The van der Waals surface area contributed by atoms with Gasteiger partial charge in [0.05, 0.1) is 0 Å². The monoisotopic (exact) mass is 418 g/mol. The highest BCUT2D eigenvalue weighted by molar-refractivity contribution is 6.19. The molecular formula is C32H34. The summed E-state index contributed by atoms with van der Waals surface area (Å²) in [5, 5.41) is 10.8. The minimum absolute atomic E-state index is 1.20. The molecule has 0 heterocycles. The Morgan fingerprint density at radius 3 is 1.78 bits per heavy atom. The highest BCUT2D eigenvalue weighted by atomic mass is 14.1. The molecule has 0 saturated heterocycles. The summed E-state index contributed by atoms with van der Waals surface area (Å²) >= 11 is 0. The summed E-state index contributed by atoms with van der Waals surface area (Å²) in [6.45, 7) is 2.29. The van der Waals surface area contributed by atoms with Crippen LogP contribution in [0.5, 0.6) is 0 Å². The largest absolute Gasteiger partial charge is 0.0654 e. The third-order valence-corrected chi connectivity index (χ3v) is 7.08. The third kappa shape index (κ3) is 4.37. The van der Waals surface area contributed by atoms with Crippen LogP contribution in [-0.2, 0) is 6.42 Å². The highest BCUT2D eigenvalue weighted by Crippen LogP contribution is 2.34. The van der Waals surface area contributed by atoms with E-state index in [0.29, 0.717) is 0 Å². The summed E-state index contributed by atoms with van der Waals surface area (Å²) in [6.07, 6.45) is 12.3. The normalized spacial score (nSPS) is 11.8. The summed E-state index contributed by atoms with van der Waals surface area (Å²) in [5.74, 6) is 0. The molecule has 0 amide bonds. The molecular weight excluding hydrogens is 384 g/mol. The van der Waals surface area contributed by atoms with Crippen LogP contribution in [0.3, 0.4) is 0 Å². The van der Waals surface area contributed by atoms with Gasteiger partial charge in [0.25, 0.3) is 0 Å². The zero-order chi connectivity index (χ0) is 21.8. The lowest BCUT2D eigenvalue weighted by Crippen LogP contribution is -1.88. The molecule has 0 fully saturated rings. The molecule has 0 saturated carbocycles. The van der Waals surface area contributed by atoms with Crippen molar-refractivity contribution in [1.29, 1.82) is 0 Å². The van der Waals surface area contributed by atoms with Gasteiger partial charge in [-0.25, -0.2) is 0 Å². The Hall–Kier alpha value is -2.86. The maximum absolute atomic E-state index is 2.42. The Labute approximate surface area is 192 Å².